The third kappa shape index (κ3) is 3.85. The van der Waals surface area contributed by atoms with Crippen molar-refractivity contribution in [3.05, 3.63) is 0 Å². The van der Waals surface area contributed by atoms with Crippen molar-refractivity contribution in [1.29, 1.82) is 0 Å². The van der Waals surface area contributed by atoms with Gasteiger partial charge in [0.15, 0.2) is 0 Å². The van der Waals surface area contributed by atoms with Gasteiger partial charge in [0.05, 0.1) is 5.60 Å². The zero-order valence-corrected chi connectivity index (χ0v) is 12.0. The standard InChI is InChI=1S/C13H26N2OS/c1-3-15(2)7-6-14-12-4-8-16-13(10-12)5-9-17-11-13/h12,14H,3-11H2,1-2H3. The van der Waals surface area contributed by atoms with Crippen molar-refractivity contribution in [3.8, 4) is 0 Å². The van der Waals surface area contributed by atoms with Crippen LogP contribution in [0, 0.1) is 0 Å². The summed E-state index contributed by atoms with van der Waals surface area (Å²) in [7, 11) is 2.18. The number of nitrogens with zero attached hydrogens (tertiary/aromatic N) is 1. The van der Waals surface area contributed by atoms with Gasteiger partial charge in [0.25, 0.3) is 0 Å². The first-order chi connectivity index (χ1) is 8.24. The molecule has 1 N–H and O–H groups in total. The average molecular weight is 258 g/mol. The van der Waals surface area contributed by atoms with Crippen LogP contribution < -0.4 is 5.32 Å². The molecule has 0 saturated carbocycles. The third-order valence-corrected chi connectivity index (χ3v) is 5.25. The fourth-order valence-corrected chi connectivity index (χ4v) is 4.06. The maximum Gasteiger partial charge on any atom is 0.0795 e. The van der Waals surface area contributed by atoms with E-state index in [2.05, 4.69) is 35.9 Å². The number of likely N-dealkylation sites (N-methyl/N-ethyl adjacent to an activating group) is 1. The summed E-state index contributed by atoms with van der Waals surface area (Å²) < 4.78 is 6.03. The Morgan fingerprint density at radius 1 is 1.53 bits per heavy atom. The topological polar surface area (TPSA) is 24.5 Å². The molecule has 2 aliphatic rings. The Bertz CT molecular complexity index is 231. The number of thioether (sulfide) groups is 1. The smallest absolute Gasteiger partial charge is 0.0795 e. The molecule has 0 aromatic carbocycles. The molecule has 4 heteroatoms. The highest BCUT2D eigenvalue weighted by Crippen LogP contribution is 2.38. The Labute approximate surface area is 110 Å². The fourth-order valence-electron chi connectivity index (χ4n) is 2.68. The van der Waals surface area contributed by atoms with Crippen molar-refractivity contribution in [3.63, 3.8) is 0 Å². The van der Waals surface area contributed by atoms with Gasteiger partial charge in [-0.3, -0.25) is 0 Å². The van der Waals surface area contributed by atoms with E-state index in [4.69, 9.17) is 4.74 Å². The van der Waals surface area contributed by atoms with Crippen LogP contribution in [0.1, 0.15) is 26.2 Å². The van der Waals surface area contributed by atoms with Gasteiger partial charge in [-0.05, 0) is 38.6 Å². The molecule has 0 bridgehead atoms. The van der Waals surface area contributed by atoms with Crippen molar-refractivity contribution < 1.29 is 4.74 Å². The predicted molar refractivity (Wildman–Crippen MR) is 74.8 cm³/mol. The van der Waals surface area contributed by atoms with E-state index in [-0.39, 0.29) is 5.60 Å². The van der Waals surface area contributed by atoms with E-state index in [9.17, 15) is 0 Å². The van der Waals surface area contributed by atoms with Gasteiger partial charge in [-0.25, -0.2) is 0 Å². The zero-order chi connectivity index (χ0) is 12.1. The molecule has 17 heavy (non-hydrogen) atoms. The summed E-state index contributed by atoms with van der Waals surface area (Å²) in [6.45, 7) is 6.55. The Balaban J connectivity index is 1.70. The zero-order valence-electron chi connectivity index (χ0n) is 11.2. The highest BCUT2D eigenvalue weighted by molar-refractivity contribution is 7.99. The Morgan fingerprint density at radius 2 is 2.41 bits per heavy atom. The summed E-state index contributed by atoms with van der Waals surface area (Å²) in [6, 6.07) is 0.674. The van der Waals surface area contributed by atoms with E-state index < -0.39 is 0 Å². The quantitative estimate of drug-likeness (QED) is 0.809. The van der Waals surface area contributed by atoms with Gasteiger partial charge in [0.2, 0.25) is 0 Å². The van der Waals surface area contributed by atoms with Crippen molar-refractivity contribution in [2.24, 2.45) is 0 Å². The Morgan fingerprint density at radius 3 is 3.12 bits per heavy atom. The largest absolute Gasteiger partial charge is 0.374 e. The van der Waals surface area contributed by atoms with Crippen LogP contribution in [0.25, 0.3) is 0 Å². The molecular weight excluding hydrogens is 232 g/mol. The molecule has 2 unspecified atom stereocenters. The van der Waals surface area contributed by atoms with E-state index in [1.807, 2.05) is 0 Å². The Kier molecular flexibility index (Phi) is 5.15. The van der Waals surface area contributed by atoms with Crippen LogP contribution in [0.5, 0.6) is 0 Å². The minimum absolute atomic E-state index is 0.219. The van der Waals surface area contributed by atoms with Crippen LogP contribution in [0.4, 0.5) is 0 Å². The lowest BCUT2D eigenvalue weighted by Crippen LogP contribution is -2.48. The van der Waals surface area contributed by atoms with Gasteiger partial charge < -0.3 is 15.0 Å². The van der Waals surface area contributed by atoms with Crippen LogP contribution in [-0.4, -0.2) is 61.3 Å². The molecule has 1 spiro atoms. The minimum Gasteiger partial charge on any atom is -0.374 e. The number of hydrogen-bond acceptors (Lipinski definition) is 4. The van der Waals surface area contributed by atoms with Crippen LogP contribution in [0.3, 0.4) is 0 Å². The summed E-state index contributed by atoms with van der Waals surface area (Å²) in [5.41, 5.74) is 0.219. The van der Waals surface area contributed by atoms with Crippen molar-refractivity contribution in [2.75, 3.05) is 44.8 Å². The highest BCUT2D eigenvalue weighted by atomic mass is 32.2. The minimum atomic E-state index is 0.219. The molecule has 3 nitrogen and oxygen atoms in total. The van der Waals surface area contributed by atoms with Crippen LogP contribution >= 0.6 is 11.8 Å². The molecule has 0 aromatic rings. The number of hydrogen-bond donors (Lipinski definition) is 1. The van der Waals surface area contributed by atoms with Gasteiger partial charge in [0.1, 0.15) is 0 Å². The third-order valence-electron chi connectivity index (χ3n) is 4.03. The second-order valence-electron chi connectivity index (χ2n) is 5.37. The molecule has 2 heterocycles. The van der Waals surface area contributed by atoms with E-state index in [0.29, 0.717) is 6.04 Å². The molecule has 100 valence electrons. The SMILES string of the molecule is CCN(C)CCNC1CCOC2(CCSC2)C1. The molecule has 0 amide bonds. The molecule has 2 saturated heterocycles. The van der Waals surface area contributed by atoms with Crippen LogP contribution in [-0.2, 0) is 4.74 Å². The van der Waals surface area contributed by atoms with Gasteiger partial charge >= 0.3 is 0 Å². The lowest BCUT2D eigenvalue weighted by molar-refractivity contribution is -0.0701. The van der Waals surface area contributed by atoms with Crippen molar-refractivity contribution in [2.45, 2.75) is 37.8 Å². The second-order valence-corrected chi connectivity index (χ2v) is 6.48. The first kappa shape index (κ1) is 13.7. The lowest BCUT2D eigenvalue weighted by Gasteiger charge is -2.38. The van der Waals surface area contributed by atoms with Crippen LogP contribution in [0.2, 0.25) is 0 Å². The number of rotatable bonds is 5. The molecule has 0 aromatic heterocycles. The first-order valence-electron chi connectivity index (χ1n) is 6.88. The molecule has 2 atom stereocenters. The number of nitrogens with one attached hydrogen (secondary N) is 1. The molecule has 0 radical (unpaired) electrons. The summed E-state index contributed by atoms with van der Waals surface area (Å²) in [5, 5.41) is 3.71. The predicted octanol–water partition coefficient (Wildman–Crippen LogP) is 1.58. The van der Waals surface area contributed by atoms with Gasteiger partial charge in [-0.2, -0.15) is 11.8 Å². The average Bonchev–Trinajstić information content (AvgIpc) is 2.77. The van der Waals surface area contributed by atoms with Crippen molar-refractivity contribution in [1.82, 2.24) is 10.2 Å². The van der Waals surface area contributed by atoms with E-state index >= 15 is 0 Å². The molecular formula is C13H26N2OS. The molecule has 2 aliphatic heterocycles. The Hall–Kier alpha value is 0.230. The normalized spacial score (nSPS) is 33.7. The monoisotopic (exact) mass is 258 g/mol. The van der Waals surface area contributed by atoms with Gasteiger partial charge in [-0.15, -0.1) is 0 Å². The van der Waals surface area contributed by atoms with E-state index in [0.717, 1.165) is 26.2 Å². The fraction of sp³-hybridized carbons (Fsp3) is 1.00. The van der Waals surface area contributed by atoms with E-state index in [1.54, 1.807) is 0 Å². The summed E-state index contributed by atoms with van der Waals surface area (Å²) >= 11 is 2.05. The first-order valence-corrected chi connectivity index (χ1v) is 8.03. The molecule has 2 fully saturated rings. The maximum atomic E-state index is 6.03. The molecule has 0 aliphatic carbocycles. The van der Waals surface area contributed by atoms with Crippen LogP contribution in [0.15, 0.2) is 0 Å². The summed E-state index contributed by atoms with van der Waals surface area (Å²) in [6.07, 6.45) is 3.66. The number of ether oxygens (including phenoxy) is 1. The van der Waals surface area contributed by atoms with Crippen molar-refractivity contribution >= 4 is 11.8 Å². The molecule has 2 rings (SSSR count). The summed E-state index contributed by atoms with van der Waals surface area (Å²) in [5.74, 6) is 2.49. The lowest BCUT2D eigenvalue weighted by atomic mass is 9.90. The highest BCUT2D eigenvalue weighted by Gasteiger charge is 2.40. The van der Waals surface area contributed by atoms with Gasteiger partial charge in [0, 0.05) is 31.5 Å². The second kappa shape index (κ2) is 6.41. The van der Waals surface area contributed by atoms with Gasteiger partial charge in [-0.1, -0.05) is 6.92 Å². The van der Waals surface area contributed by atoms with E-state index in [1.165, 1.54) is 30.8 Å². The maximum absolute atomic E-state index is 6.03. The summed E-state index contributed by atoms with van der Waals surface area (Å²) in [4.78, 5) is 2.35.